The van der Waals surface area contributed by atoms with Crippen molar-refractivity contribution in [2.45, 2.75) is 0 Å². The van der Waals surface area contributed by atoms with Crippen LogP contribution in [0.5, 0.6) is 0 Å². The molecule has 0 aromatic heterocycles. The highest BCUT2D eigenvalue weighted by molar-refractivity contribution is 7.52. The zero-order valence-corrected chi connectivity index (χ0v) is 8.63. The van der Waals surface area contributed by atoms with E-state index in [0.717, 1.165) is 0 Å². The third-order valence-corrected chi connectivity index (χ3v) is 2.78. The third kappa shape index (κ3) is 5.39. The van der Waals surface area contributed by atoms with Crippen LogP contribution in [0, 0.1) is 0 Å². The quantitative estimate of drug-likeness (QED) is 0.556. The van der Waals surface area contributed by atoms with Crippen LogP contribution in [0.1, 0.15) is 0 Å². The molecule has 0 spiro atoms. The first-order valence-corrected chi connectivity index (χ1v) is 6.22. The summed E-state index contributed by atoms with van der Waals surface area (Å²) in [4.78, 5) is 0. The molecule has 0 atom stereocenters. The van der Waals surface area contributed by atoms with Crippen molar-refractivity contribution in [2.24, 2.45) is 0 Å². The second-order valence-corrected chi connectivity index (χ2v) is 4.72. The van der Waals surface area contributed by atoms with Crippen molar-refractivity contribution in [3.8, 4) is 0 Å². The van der Waals surface area contributed by atoms with Crippen molar-refractivity contribution in [3.05, 3.63) is 0 Å². The fourth-order valence-electron chi connectivity index (χ4n) is 0.883. The normalized spacial score (nSPS) is 26.2. The monoisotopic (exact) mass is 210 g/mol. The summed E-state index contributed by atoms with van der Waals surface area (Å²) in [6.07, 6.45) is 0. The summed E-state index contributed by atoms with van der Waals surface area (Å²) in [5, 5.41) is 0. The van der Waals surface area contributed by atoms with E-state index in [9.17, 15) is 4.57 Å². The zero-order chi connectivity index (χ0) is 9.57. The van der Waals surface area contributed by atoms with E-state index in [4.69, 9.17) is 18.5 Å². The molecule has 0 saturated carbocycles. The standard InChI is InChI=1S/C7H15O5P/c1-13(8)11-6-4-9-2-3-10-5-7-12-13/h2-7H2,1H3. The van der Waals surface area contributed by atoms with Gasteiger partial charge in [-0.3, -0.25) is 4.57 Å². The zero-order valence-electron chi connectivity index (χ0n) is 7.73. The Labute approximate surface area is 77.8 Å². The van der Waals surface area contributed by atoms with Crippen LogP contribution in [0.3, 0.4) is 0 Å². The highest BCUT2D eigenvalue weighted by Crippen LogP contribution is 2.43. The Hall–Kier alpha value is 0.0700. The largest absolute Gasteiger partial charge is 0.377 e. The minimum Gasteiger partial charge on any atom is -0.377 e. The van der Waals surface area contributed by atoms with E-state index in [1.807, 2.05) is 0 Å². The number of hydrogen-bond donors (Lipinski definition) is 0. The molecule has 1 fully saturated rings. The molecule has 0 unspecified atom stereocenters. The number of rotatable bonds is 0. The van der Waals surface area contributed by atoms with E-state index in [2.05, 4.69) is 0 Å². The highest BCUT2D eigenvalue weighted by atomic mass is 31.2. The van der Waals surface area contributed by atoms with Crippen molar-refractivity contribution in [2.75, 3.05) is 46.3 Å². The minimum absolute atomic E-state index is 0.299. The van der Waals surface area contributed by atoms with Crippen LogP contribution >= 0.6 is 7.60 Å². The van der Waals surface area contributed by atoms with Crippen LogP contribution in [0.25, 0.3) is 0 Å². The molecule has 0 amide bonds. The third-order valence-electron chi connectivity index (χ3n) is 1.48. The van der Waals surface area contributed by atoms with Crippen LogP contribution in [-0.4, -0.2) is 46.3 Å². The molecule has 0 aromatic rings. The number of hydrogen-bond acceptors (Lipinski definition) is 5. The minimum atomic E-state index is -2.88. The van der Waals surface area contributed by atoms with Crippen molar-refractivity contribution in [3.63, 3.8) is 0 Å². The van der Waals surface area contributed by atoms with Crippen molar-refractivity contribution in [1.29, 1.82) is 0 Å². The van der Waals surface area contributed by atoms with Gasteiger partial charge in [0, 0.05) is 6.66 Å². The van der Waals surface area contributed by atoms with E-state index < -0.39 is 7.60 Å². The van der Waals surface area contributed by atoms with Gasteiger partial charge in [-0.15, -0.1) is 0 Å². The highest BCUT2D eigenvalue weighted by Gasteiger charge is 2.16. The first-order chi connectivity index (χ1) is 6.21. The Balaban J connectivity index is 2.32. The fourth-order valence-corrected chi connectivity index (χ4v) is 1.77. The van der Waals surface area contributed by atoms with Crippen LogP contribution in [-0.2, 0) is 23.1 Å². The van der Waals surface area contributed by atoms with Crippen molar-refractivity contribution < 1.29 is 23.1 Å². The van der Waals surface area contributed by atoms with Crippen molar-refractivity contribution in [1.82, 2.24) is 0 Å². The molecular weight excluding hydrogens is 195 g/mol. The molecule has 1 saturated heterocycles. The molecule has 0 aliphatic carbocycles. The lowest BCUT2D eigenvalue weighted by Gasteiger charge is -2.12. The lowest BCUT2D eigenvalue weighted by molar-refractivity contribution is 0.0375. The maximum atomic E-state index is 11.4. The summed E-state index contributed by atoms with van der Waals surface area (Å²) in [6.45, 7) is 3.97. The summed E-state index contributed by atoms with van der Waals surface area (Å²) >= 11 is 0. The van der Waals surface area contributed by atoms with Gasteiger partial charge >= 0.3 is 7.60 Å². The molecule has 1 rings (SSSR count). The second-order valence-electron chi connectivity index (χ2n) is 2.66. The maximum absolute atomic E-state index is 11.4. The summed E-state index contributed by atoms with van der Waals surface area (Å²) in [6, 6.07) is 0. The maximum Gasteiger partial charge on any atom is 0.327 e. The molecule has 1 aliphatic rings. The van der Waals surface area contributed by atoms with Crippen LogP contribution in [0.2, 0.25) is 0 Å². The Morgan fingerprint density at radius 2 is 1.23 bits per heavy atom. The molecule has 5 nitrogen and oxygen atoms in total. The van der Waals surface area contributed by atoms with Gasteiger partial charge in [-0.2, -0.15) is 0 Å². The molecule has 13 heavy (non-hydrogen) atoms. The van der Waals surface area contributed by atoms with Gasteiger partial charge in [0.1, 0.15) is 0 Å². The van der Waals surface area contributed by atoms with E-state index in [-0.39, 0.29) is 0 Å². The molecule has 0 N–H and O–H groups in total. The Morgan fingerprint density at radius 3 is 1.69 bits per heavy atom. The molecule has 0 bridgehead atoms. The van der Waals surface area contributed by atoms with Crippen LogP contribution in [0.4, 0.5) is 0 Å². The number of ether oxygens (including phenoxy) is 2. The van der Waals surface area contributed by atoms with Gasteiger partial charge in [0.25, 0.3) is 0 Å². The lowest BCUT2D eigenvalue weighted by atomic mass is 10.7. The van der Waals surface area contributed by atoms with E-state index in [1.165, 1.54) is 6.66 Å². The van der Waals surface area contributed by atoms with Gasteiger partial charge in [-0.25, -0.2) is 0 Å². The average Bonchev–Trinajstić information content (AvgIpc) is 2.10. The van der Waals surface area contributed by atoms with Gasteiger partial charge in [0.2, 0.25) is 0 Å². The lowest BCUT2D eigenvalue weighted by Crippen LogP contribution is -2.08. The molecule has 6 heteroatoms. The smallest absolute Gasteiger partial charge is 0.327 e. The molecule has 1 aliphatic heterocycles. The molecular formula is C7H15O5P. The average molecular weight is 210 g/mol. The van der Waals surface area contributed by atoms with Gasteiger partial charge in [-0.1, -0.05) is 0 Å². The molecule has 78 valence electrons. The topological polar surface area (TPSA) is 54.0 Å². The first-order valence-electron chi connectivity index (χ1n) is 4.23. The predicted molar refractivity (Wildman–Crippen MR) is 47.1 cm³/mol. The van der Waals surface area contributed by atoms with E-state index >= 15 is 0 Å². The van der Waals surface area contributed by atoms with Gasteiger partial charge in [0.15, 0.2) is 0 Å². The Morgan fingerprint density at radius 1 is 0.846 bits per heavy atom. The summed E-state index contributed by atoms with van der Waals surface area (Å²) < 4.78 is 31.7. The van der Waals surface area contributed by atoms with Gasteiger partial charge < -0.3 is 18.5 Å². The van der Waals surface area contributed by atoms with Crippen LogP contribution in [0.15, 0.2) is 0 Å². The predicted octanol–water partition coefficient (Wildman–Crippen LogP) is 0.889. The van der Waals surface area contributed by atoms with Crippen LogP contribution < -0.4 is 0 Å². The molecule has 0 aromatic carbocycles. The Kier molecular flexibility index (Phi) is 4.91. The molecule has 0 radical (unpaired) electrons. The van der Waals surface area contributed by atoms with Gasteiger partial charge in [-0.05, 0) is 0 Å². The Bertz CT molecular complexity index is 168. The molecule has 1 heterocycles. The fraction of sp³-hybridized carbons (Fsp3) is 1.00. The summed E-state index contributed by atoms with van der Waals surface area (Å²) in [5.41, 5.74) is 0. The summed E-state index contributed by atoms with van der Waals surface area (Å²) in [7, 11) is -2.88. The van der Waals surface area contributed by atoms with E-state index in [0.29, 0.717) is 39.6 Å². The summed E-state index contributed by atoms with van der Waals surface area (Å²) in [5.74, 6) is 0. The second kappa shape index (κ2) is 5.73. The van der Waals surface area contributed by atoms with Crippen molar-refractivity contribution >= 4 is 7.60 Å². The SMILES string of the molecule is CP1(=O)OCCOCCOCCO1. The first kappa shape index (κ1) is 11.1. The van der Waals surface area contributed by atoms with Gasteiger partial charge in [0.05, 0.1) is 39.6 Å². The van der Waals surface area contributed by atoms with E-state index in [1.54, 1.807) is 0 Å².